The number of aldehydes is 1. The third-order valence-electron chi connectivity index (χ3n) is 25.7. The van der Waals surface area contributed by atoms with Crippen molar-refractivity contribution in [2.24, 2.45) is 9.98 Å². The molecule has 4 unspecified atom stereocenters. The number of benzene rings is 15. The molecule has 5 aromatic heterocycles. The van der Waals surface area contributed by atoms with Gasteiger partial charge in [-0.25, -0.2) is 0 Å². The number of rotatable bonds is 16. The van der Waals surface area contributed by atoms with Crippen LogP contribution in [0.5, 0.6) is 28.7 Å². The molecule has 5 N–H and O–H groups in total. The lowest BCUT2D eigenvalue weighted by Crippen LogP contribution is -2.50. The van der Waals surface area contributed by atoms with Gasteiger partial charge in [-0.3, -0.25) is 24.6 Å². The SMILES string of the molecule is CN(Cc1cccc(-n2c3ccccc3c3ccccc32)c1O)C1CCCCC1N(C)Cc1cccc(-n2c3ccccc3c3ccccc32)c1O.O=Cc1cccc(-n2c3ccccc3c3ccccc32)c1O.Oc1c(C=NC2CCCCC2N=Cc2cccc(-n3c4ccccc4c4ccccc43)c2O)cccc1-n1c2ccccc2c2ccccc21. The van der Waals surface area contributed by atoms with Crippen LogP contribution in [-0.2, 0) is 13.1 Å². The highest BCUT2D eigenvalue weighted by Crippen LogP contribution is 2.44. The van der Waals surface area contributed by atoms with Crippen molar-refractivity contribution in [3.8, 4) is 57.2 Å². The fourth-order valence-corrected chi connectivity index (χ4v) is 19.9. The van der Waals surface area contributed by atoms with Crippen molar-refractivity contribution < 1.29 is 30.3 Å². The van der Waals surface area contributed by atoms with E-state index in [0.29, 0.717) is 65.3 Å². The van der Waals surface area contributed by atoms with Crippen molar-refractivity contribution in [1.82, 2.24) is 32.6 Å². The van der Waals surface area contributed by atoms with Crippen molar-refractivity contribution in [1.29, 1.82) is 0 Å². The summed E-state index contributed by atoms with van der Waals surface area (Å²) in [6.07, 6.45) is 12.8. The first-order valence-corrected chi connectivity index (χ1v) is 42.9. The molecule has 0 radical (unpaired) electrons. The molecule has 22 rings (SSSR count). The van der Waals surface area contributed by atoms with Gasteiger partial charge in [0.1, 0.15) is 28.7 Å². The van der Waals surface area contributed by atoms with E-state index in [0.717, 1.165) is 160 Å². The summed E-state index contributed by atoms with van der Waals surface area (Å²) in [6, 6.07) is 113. The molecule has 5 heterocycles. The number of hydrogen-bond acceptors (Lipinski definition) is 10. The maximum absolute atomic E-state index is 11.9. The Morgan fingerprint density at radius 2 is 0.476 bits per heavy atom. The van der Waals surface area contributed by atoms with Crippen molar-refractivity contribution in [3.63, 3.8) is 0 Å². The number of phenolic OH excluding ortho intramolecular Hbond substituents is 5. The van der Waals surface area contributed by atoms with Gasteiger partial charge in [0.25, 0.3) is 0 Å². The molecule has 610 valence electrons. The average Bonchev–Trinajstić information content (AvgIpc) is 1.62. The molecule has 2 aliphatic rings. The number of fused-ring (bicyclic) bond motifs is 15. The zero-order valence-corrected chi connectivity index (χ0v) is 69.0. The van der Waals surface area contributed by atoms with Gasteiger partial charge in [-0.2, -0.15) is 0 Å². The molecular weight excluding hydrogens is 1530 g/mol. The van der Waals surface area contributed by atoms with Crippen LogP contribution in [0.25, 0.3) is 137 Å². The number of nitrogens with zero attached hydrogens (tertiary/aromatic N) is 9. The molecule has 15 aromatic carbocycles. The quantitative estimate of drug-likeness (QED) is 0.0469. The average molecular weight is 1630 g/mol. The zero-order valence-electron chi connectivity index (χ0n) is 69.0. The van der Waals surface area contributed by atoms with E-state index >= 15 is 0 Å². The van der Waals surface area contributed by atoms with Gasteiger partial charge in [0.2, 0.25) is 0 Å². The monoisotopic (exact) mass is 1620 g/mol. The number of aliphatic imine (C=N–C) groups is 2. The third kappa shape index (κ3) is 13.9. The molecule has 15 heteroatoms. The number of likely N-dealkylation sites (N-methyl/N-ethyl adjacent to an activating group) is 2. The van der Waals surface area contributed by atoms with E-state index in [9.17, 15) is 30.3 Å². The molecule has 2 fully saturated rings. The number of para-hydroxylation sites is 15. The summed E-state index contributed by atoms with van der Waals surface area (Å²) < 4.78 is 10.6. The van der Waals surface area contributed by atoms with Crippen molar-refractivity contribution in [2.75, 3.05) is 14.1 Å². The predicted molar refractivity (Wildman–Crippen MR) is 508 cm³/mol. The Balaban J connectivity index is 0.000000127. The fraction of sp³-hybridized carbons (Fsp3) is 0.147. The lowest BCUT2D eigenvalue weighted by Gasteiger charge is -2.43. The van der Waals surface area contributed by atoms with E-state index in [1.807, 2.05) is 132 Å². The molecule has 15 nitrogen and oxygen atoms in total. The number of aromatic hydroxyl groups is 5. The Bertz CT molecular complexity index is 6920. The normalized spacial score (nSPS) is 15.7. The highest BCUT2D eigenvalue weighted by molar-refractivity contribution is 6.14. The Kier molecular flexibility index (Phi) is 20.9. The summed E-state index contributed by atoms with van der Waals surface area (Å²) in [4.78, 5) is 26.0. The minimum absolute atomic E-state index is 0.00371. The van der Waals surface area contributed by atoms with Gasteiger partial charge in [0, 0.05) is 114 Å². The van der Waals surface area contributed by atoms with Gasteiger partial charge >= 0.3 is 0 Å². The molecule has 0 amide bonds. The van der Waals surface area contributed by atoms with E-state index in [1.54, 1.807) is 12.1 Å². The molecule has 2 saturated carbocycles. The molecular formula is C109H93N9O6. The van der Waals surface area contributed by atoms with Gasteiger partial charge in [0.05, 0.1) is 101 Å². The van der Waals surface area contributed by atoms with Gasteiger partial charge in [-0.05, 0) is 149 Å². The van der Waals surface area contributed by atoms with E-state index in [2.05, 4.69) is 248 Å². The second kappa shape index (κ2) is 33.3. The number of carbonyl (C=O) groups excluding carboxylic acids is 1. The van der Waals surface area contributed by atoms with Crippen LogP contribution in [0, 0.1) is 0 Å². The Morgan fingerprint density at radius 3 is 0.726 bits per heavy atom. The summed E-state index contributed by atoms with van der Waals surface area (Å²) in [5.41, 5.74) is 17.7. The van der Waals surface area contributed by atoms with Crippen LogP contribution < -0.4 is 0 Å². The summed E-state index contributed by atoms with van der Waals surface area (Å²) in [6.45, 7) is 1.28. The van der Waals surface area contributed by atoms with Crippen LogP contribution in [0.4, 0.5) is 0 Å². The molecule has 124 heavy (non-hydrogen) atoms. The largest absolute Gasteiger partial charge is 0.505 e. The van der Waals surface area contributed by atoms with Crippen LogP contribution in [0.3, 0.4) is 0 Å². The summed E-state index contributed by atoms with van der Waals surface area (Å²) in [5.74, 6) is 1.06. The molecule has 2 aliphatic carbocycles. The summed E-state index contributed by atoms with van der Waals surface area (Å²) in [5, 5.41) is 69.0. The maximum Gasteiger partial charge on any atom is 0.153 e. The minimum Gasteiger partial charge on any atom is -0.505 e. The molecule has 20 aromatic rings. The zero-order chi connectivity index (χ0) is 84.1. The van der Waals surface area contributed by atoms with Gasteiger partial charge in [-0.15, -0.1) is 0 Å². The van der Waals surface area contributed by atoms with Crippen LogP contribution in [0.1, 0.15) is 84.0 Å². The smallest absolute Gasteiger partial charge is 0.153 e. The molecule has 0 bridgehead atoms. The molecule has 0 saturated heterocycles. The van der Waals surface area contributed by atoms with Crippen LogP contribution in [-0.4, -0.2) is 115 Å². The lowest BCUT2D eigenvalue weighted by molar-refractivity contribution is 0.0685. The van der Waals surface area contributed by atoms with Crippen LogP contribution in [0.15, 0.2) is 344 Å². The Labute approximate surface area is 717 Å². The van der Waals surface area contributed by atoms with E-state index in [1.165, 1.54) is 34.4 Å². The molecule has 0 spiro atoms. The van der Waals surface area contributed by atoms with Crippen LogP contribution >= 0.6 is 0 Å². The van der Waals surface area contributed by atoms with Crippen molar-refractivity contribution in [3.05, 3.63) is 361 Å². The minimum atomic E-state index is -0.0287. The van der Waals surface area contributed by atoms with E-state index in [-0.39, 0.29) is 29.3 Å². The topological polar surface area (TPSA) is 174 Å². The van der Waals surface area contributed by atoms with Gasteiger partial charge in [-0.1, -0.05) is 250 Å². The summed E-state index contributed by atoms with van der Waals surface area (Å²) >= 11 is 0. The maximum atomic E-state index is 11.9. The number of hydrogen-bond donors (Lipinski definition) is 5. The predicted octanol–water partition coefficient (Wildman–Crippen LogP) is 24.6. The van der Waals surface area contributed by atoms with Gasteiger partial charge in [0.15, 0.2) is 6.29 Å². The standard InChI is InChI=1S/C46H44N4O2.C44H36N4O2.C19H13NO2/c1-47(29-31-15-13-27-43(45(31)51)49-37-21-7-3-17-33(37)34-18-4-8-22-38(34)49)41-25-11-12-26-42(41)48(2)30-32-16-14-28-44(46(32)52)50-39-23-9-5-19-35(39)36-20-6-10-24-40(36)50;49-43-29(13-11-25-41(43)47-37-21-7-1-15-31(37)32-16-2-8-22-38(32)47)27-45-35-19-5-6-20-36(35)46-28-30-14-12-26-42(44(30)50)48-39-23-9-3-17-33(39)34-18-4-10-24-40(34)48;21-12-13-6-5-11-18(19(13)22)20-16-9-3-1-7-14(16)15-8-2-4-10-17(15)20/h3-10,13-24,27-28,41-42,51-52H,11-12,25-26,29-30H2,1-2H3;1-4,7-18,21-28,35-36,49-50H,5-6,19-20H2;1-12,22H. The number of carbonyl (C=O) groups is 1. The first-order valence-electron chi connectivity index (χ1n) is 42.9. The second-order valence-electron chi connectivity index (χ2n) is 32.9. The number of aromatic nitrogens is 5. The highest BCUT2D eigenvalue weighted by Gasteiger charge is 2.34. The fourth-order valence-electron chi connectivity index (χ4n) is 19.9. The van der Waals surface area contributed by atoms with Crippen molar-refractivity contribution in [2.45, 2.75) is 88.6 Å². The first-order chi connectivity index (χ1) is 61.0. The molecule has 4 atom stereocenters. The summed E-state index contributed by atoms with van der Waals surface area (Å²) in [7, 11) is 4.40. The Morgan fingerprint density at radius 1 is 0.266 bits per heavy atom. The second-order valence-corrected chi connectivity index (χ2v) is 32.9. The van der Waals surface area contributed by atoms with Crippen LogP contribution in [0.2, 0.25) is 0 Å². The molecule has 0 aliphatic heterocycles. The number of phenols is 5. The third-order valence-corrected chi connectivity index (χ3v) is 25.7. The van der Waals surface area contributed by atoms with Gasteiger partial charge < -0.3 is 48.4 Å². The van der Waals surface area contributed by atoms with E-state index < -0.39 is 0 Å². The Hall–Kier alpha value is -14.8. The lowest BCUT2D eigenvalue weighted by atomic mass is 9.88. The first kappa shape index (κ1) is 77.8. The van der Waals surface area contributed by atoms with Crippen molar-refractivity contribution >= 4 is 128 Å². The highest BCUT2D eigenvalue weighted by atomic mass is 16.3. The van der Waals surface area contributed by atoms with E-state index in [4.69, 9.17) is 9.98 Å².